The zero-order valence-corrected chi connectivity index (χ0v) is 7.03. The molecule has 0 aromatic carbocycles. The van der Waals surface area contributed by atoms with Gasteiger partial charge in [-0.3, -0.25) is 0 Å². The van der Waals surface area contributed by atoms with Gasteiger partial charge in [-0.2, -0.15) is 0 Å². The van der Waals surface area contributed by atoms with Gasteiger partial charge in [-0.1, -0.05) is 6.08 Å². The van der Waals surface area contributed by atoms with Crippen LogP contribution in [0.2, 0.25) is 0 Å². The molecule has 0 aliphatic heterocycles. The monoisotopic (exact) mass is 162 g/mol. The second-order valence-electron chi connectivity index (χ2n) is 1.93. The Morgan fingerprint density at radius 1 is 1.36 bits per heavy atom. The summed E-state index contributed by atoms with van der Waals surface area (Å²) >= 11 is 0. The van der Waals surface area contributed by atoms with Crippen LogP contribution in [0, 0.1) is 0 Å². The summed E-state index contributed by atoms with van der Waals surface area (Å²) in [7, 11) is 4.06. The molecule has 1 atom stereocenters. The van der Waals surface area contributed by atoms with Gasteiger partial charge in [0.1, 0.15) is 0 Å². The van der Waals surface area contributed by atoms with Crippen LogP contribution < -0.4 is 0 Å². The first kappa shape index (κ1) is 10.6. The average Bonchev–Trinajstić information content (AvgIpc) is 2.06. The Hall–Kier alpha value is -0.420. The largest absolute Gasteiger partial charge is 0.369 e. The van der Waals surface area contributed by atoms with Gasteiger partial charge in [0.2, 0.25) is 0 Å². The highest BCUT2D eigenvalue weighted by Crippen LogP contribution is 2.15. The fourth-order valence-corrected chi connectivity index (χ4v) is 0.710. The maximum Gasteiger partial charge on any atom is 0.311 e. The Morgan fingerprint density at radius 2 is 1.82 bits per heavy atom. The van der Waals surface area contributed by atoms with Crippen molar-refractivity contribution in [3.63, 3.8) is 0 Å². The summed E-state index contributed by atoms with van der Waals surface area (Å²) in [4.78, 5) is 0. The summed E-state index contributed by atoms with van der Waals surface area (Å²) in [5, 5.41) is 9.45. The van der Waals surface area contributed by atoms with Crippen molar-refractivity contribution in [3.05, 3.63) is 12.7 Å². The van der Waals surface area contributed by atoms with Gasteiger partial charge in [0.15, 0.2) is 6.10 Å². The topological polar surface area (TPSA) is 47.9 Å². The summed E-state index contributed by atoms with van der Waals surface area (Å²) in [6.45, 7) is 3.45. The number of hydrogen-bond acceptors (Lipinski definition) is 4. The van der Waals surface area contributed by atoms with Gasteiger partial charge in [0, 0.05) is 21.3 Å². The molecular weight excluding hydrogens is 148 g/mol. The summed E-state index contributed by atoms with van der Waals surface area (Å²) < 4.78 is 14.2. The lowest BCUT2D eigenvalue weighted by Crippen LogP contribution is -2.45. The zero-order valence-electron chi connectivity index (χ0n) is 7.03. The van der Waals surface area contributed by atoms with E-state index in [9.17, 15) is 5.11 Å². The molecule has 4 heteroatoms. The van der Waals surface area contributed by atoms with E-state index in [0.717, 1.165) is 0 Å². The summed E-state index contributed by atoms with van der Waals surface area (Å²) in [6, 6.07) is 0. The van der Waals surface area contributed by atoms with Crippen molar-refractivity contribution in [1.29, 1.82) is 0 Å². The molecule has 0 aromatic heterocycles. The van der Waals surface area contributed by atoms with Crippen LogP contribution in [0.3, 0.4) is 0 Å². The van der Waals surface area contributed by atoms with Gasteiger partial charge in [-0.25, -0.2) is 0 Å². The van der Waals surface area contributed by atoms with Crippen LogP contribution in [0.4, 0.5) is 0 Å². The highest BCUT2D eigenvalue weighted by molar-refractivity contribution is 4.86. The van der Waals surface area contributed by atoms with Crippen molar-refractivity contribution in [1.82, 2.24) is 0 Å². The number of hydrogen-bond donors (Lipinski definition) is 1. The number of methoxy groups -OCH3 is 3. The van der Waals surface area contributed by atoms with E-state index >= 15 is 0 Å². The lowest BCUT2D eigenvalue weighted by molar-refractivity contribution is -0.371. The molecule has 4 nitrogen and oxygen atoms in total. The van der Waals surface area contributed by atoms with Crippen molar-refractivity contribution < 1.29 is 19.3 Å². The van der Waals surface area contributed by atoms with Gasteiger partial charge < -0.3 is 19.3 Å². The van der Waals surface area contributed by atoms with E-state index in [1.165, 1.54) is 27.4 Å². The standard InChI is InChI=1S/C7H14O4/c1-5-6(9-2)7(8,10-3)11-4/h5-6,8H,1H2,2-4H3. The maximum atomic E-state index is 9.45. The number of aliphatic hydroxyl groups is 1. The molecule has 0 rings (SSSR count). The van der Waals surface area contributed by atoms with Crippen LogP contribution in [0.5, 0.6) is 0 Å². The minimum absolute atomic E-state index is 0.697. The quantitative estimate of drug-likeness (QED) is 0.461. The second-order valence-corrected chi connectivity index (χ2v) is 1.93. The molecule has 0 saturated carbocycles. The summed E-state index contributed by atoms with van der Waals surface area (Å²) in [5.41, 5.74) is 0. The van der Waals surface area contributed by atoms with E-state index in [1.807, 2.05) is 0 Å². The first-order valence-corrected chi connectivity index (χ1v) is 3.12. The van der Waals surface area contributed by atoms with Crippen molar-refractivity contribution in [2.45, 2.75) is 12.1 Å². The molecule has 0 bridgehead atoms. The Kier molecular flexibility index (Phi) is 4.29. The minimum atomic E-state index is -1.74. The van der Waals surface area contributed by atoms with Crippen LogP contribution >= 0.6 is 0 Å². The van der Waals surface area contributed by atoms with Crippen LogP contribution in [0.1, 0.15) is 0 Å². The average molecular weight is 162 g/mol. The summed E-state index contributed by atoms with van der Waals surface area (Å²) in [5.74, 6) is -1.74. The molecule has 0 fully saturated rings. The van der Waals surface area contributed by atoms with E-state index in [-0.39, 0.29) is 0 Å². The van der Waals surface area contributed by atoms with Crippen molar-refractivity contribution in [3.8, 4) is 0 Å². The first-order valence-electron chi connectivity index (χ1n) is 3.12. The lowest BCUT2D eigenvalue weighted by atomic mass is 10.3. The third-order valence-corrected chi connectivity index (χ3v) is 1.41. The van der Waals surface area contributed by atoms with Gasteiger partial charge in [0.25, 0.3) is 0 Å². The highest BCUT2D eigenvalue weighted by Gasteiger charge is 2.35. The lowest BCUT2D eigenvalue weighted by Gasteiger charge is -2.29. The van der Waals surface area contributed by atoms with Gasteiger partial charge >= 0.3 is 5.97 Å². The van der Waals surface area contributed by atoms with Gasteiger partial charge in [-0.05, 0) is 0 Å². The van der Waals surface area contributed by atoms with E-state index in [1.54, 1.807) is 0 Å². The molecule has 0 saturated heterocycles. The van der Waals surface area contributed by atoms with E-state index < -0.39 is 12.1 Å². The molecule has 66 valence electrons. The predicted molar refractivity (Wildman–Crippen MR) is 40.0 cm³/mol. The van der Waals surface area contributed by atoms with Gasteiger partial charge in [0.05, 0.1) is 0 Å². The predicted octanol–water partition coefficient (Wildman–Crippen LogP) is 0.126. The fraction of sp³-hybridized carbons (Fsp3) is 0.714. The zero-order chi connectivity index (χ0) is 8.91. The van der Waals surface area contributed by atoms with Crippen LogP contribution in [-0.4, -0.2) is 38.5 Å². The van der Waals surface area contributed by atoms with Crippen LogP contribution in [-0.2, 0) is 14.2 Å². The minimum Gasteiger partial charge on any atom is -0.369 e. The second kappa shape index (κ2) is 4.46. The van der Waals surface area contributed by atoms with Crippen molar-refractivity contribution in [2.75, 3.05) is 21.3 Å². The molecule has 0 radical (unpaired) electrons. The molecule has 0 heterocycles. The molecule has 0 amide bonds. The fourth-order valence-electron chi connectivity index (χ4n) is 0.710. The first-order chi connectivity index (χ1) is 5.14. The normalized spacial score (nSPS) is 14.5. The van der Waals surface area contributed by atoms with E-state index in [4.69, 9.17) is 4.74 Å². The van der Waals surface area contributed by atoms with Crippen molar-refractivity contribution >= 4 is 0 Å². The smallest absolute Gasteiger partial charge is 0.311 e. The Labute approximate surface area is 66.4 Å². The van der Waals surface area contributed by atoms with Gasteiger partial charge in [-0.15, -0.1) is 6.58 Å². The molecule has 1 unspecified atom stereocenters. The molecule has 0 aliphatic carbocycles. The Morgan fingerprint density at radius 3 is 1.91 bits per heavy atom. The van der Waals surface area contributed by atoms with Crippen molar-refractivity contribution in [2.24, 2.45) is 0 Å². The third-order valence-electron chi connectivity index (χ3n) is 1.41. The third kappa shape index (κ3) is 2.27. The molecule has 0 spiro atoms. The molecular formula is C7H14O4. The van der Waals surface area contributed by atoms with Crippen LogP contribution in [0.15, 0.2) is 12.7 Å². The SMILES string of the molecule is C=CC(OC)C(O)(OC)OC. The Bertz CT molecular complexity index is 120. The number of ether oxygens (including phenoxy) is 3. The van der Waals surface area contributed by atoms with E-state index in [0.29, 0.717) is 0 Å². The summed E-state index contributed by atoms with van der Waals surface area (Å²) in [6.07, 6.45) is 0.699. The molecule has 0 aromatic rings. The molecule has 0 aliphatic rings. The van der Waals surface area contributed by atoms with Crippen LogP contribution in [0.25, 0.3) is 0 Å². The Balaban J connectivity index is 4.30. The van der Waals surface area contributed by atoms with E-state index in [2.05, 4.69) is 16.1 Å². The molecule has 11 heavy (non-hydrogen) atoms. The number of rotatable bonds is 5. The maximum absolute atomic E-state index is 9.45. The molecule has 1 N–H and O–H groups in total. The highest BCUT2D eigenvalue weighted by atomic mass is 16.8.